The minimum absolute atomic E-state index is 0.0155. The molecule has 196 valence electrons. The third kappa shape index (κ3) is 6.34. The van der Waals surface area contributed by atoms with E-state index < -0.39 is 12.0 Å². The quantitative estimate of drug-likeness (QED) is 0.317. The number of aliphatic carboxylic acids is 1. The van der Waals surface area contributed by atoms with Crippen LogP contribution in [0.15, 0.2) is 29.9 Å². The van der Waals surface area contributed by atoms with Crippen LogP contribution in [0.4, 0.5) is 11.6 Å². The van der Waals surface area contributed by atoms with Crippen LogP contribution in [0, 0.1) is 5.92 Å². The van der Waals surface area contributed by atoms with Gasteiger partial charge in [0.2, 0.25) is 5.91 Å². The number of aryl methyl sites for hydroxylation is 2. The molecule has 2 atom stereocenters. The van der Waals surface area contributed by atoms with Gasteiger partial charge in [-0.1, -0.05) is 6.07 Å². The summed E-state index contributed by atoms with van der Waals surface area (Å²) in [4.78, 5) is 41.1. The lowest BCUT2D eigenvalue weighted by molar-refractivity contribution is -0.138. The predicted octanol–water partition coefficient (Wildman–Crippen LogP) is 2.77. The largest absolute Gasteiger partial charge is 0.480 e. The molecule has 5 heterocycles. The molecule has 0 radical (unpaired) electrons. The minimum Gasteiger partial charge on any atom is -0.480 e. The first-order chi connectivity index (χ1) is 18.1. The molecule has 5 rings (SSSR count). The number of amides is 1. The number of fused-ring (bicyclic) bond motifs is 2. The first-order valence-corrected chi connectivity index (χ1v) is 13.8. The Labute approximate surface area is 219 Å². The van der Waals surface area contributed by atoms with E-state index in [0.29, 0.717) is 12.4 Å². The van der Waals surface area contributed by atoms with Gasteiger partial charge in [-0.25, -0.2) is 19.7 Å². The first kappa shape index (κ1) is 25.3. The van der Waals surface area contributed by atoms with E-state index in [1.54, 1.807) is 0 Å². The number of carboxylic acids is 1. The molecule has 1 amide bonds. The molecule has 0 unspecified atom stereocenters. The number of hydrogen-bond acceptors (Lipinski definition) is 9. The molecule has 0 aromatic carbocycles. The van der Waals surface area contributed by atoms with Crippen LogP contribution in [0.25, 0.3) is 10.2 Å². The van der Waals surface area contributed by atoms with Crippen LogP contribution in [-0.2, 0) is 22.4 Å². The zero-order valence-corrected chi connectivity index (χ0v) is 21.6. The lowest BCUT2D eigenvalue weighted by atomic mass is 9.96. The summed E-state index contributed by atoms with van der Waals surface area (Å²) >= 11 is 1.46. The number of nitrogens with one attached hydrogen (secondary N) is 3. The molecule has 1 fully saturated rings. The molecule has 0 aliphatic carbocycles. The van der Waals surface area contributed by atoms with Crippen LogP contribution in [0.3, 0.4) is 0 Å². The molecule has 1 saturated heterocycles. The predicted molar refractivity (Wildman–Crippen MR) is 144 cm³/mol. The molecular weight excluding hydrogens is 490 g/mol. The number of aromatic nitrogens is 3. The van der Waals surface area contributed by atoms with Gasteiger partial charge in [0.15, 0.2) is 0 Å². The van der Waals surface area contributed by atoms with Crippen molar-refractivity contribution in [1.29, 1.82) is 0 Å². The van der Waals surface area contributed by atoms with E-state index in [1.165, 1.54) is 23.2 Å². The molecule has 2 aliphatic rings. The van der Waals surface area contributed by atoms with Crippen LogP contribution in [0.1, 0.15) is 36.9 Å². The summed E-state index contributed by atoms with van der Waals surface area (Å²) in [6.45, 7) is 3.56. The number of piperidine rings is 1. The Morgan fingerprint density at radius 1 is 1.24 bits per heavy atom. The number of anilines is 2. The Hall–Kier alpha value is -3.31. The van der Waals surface area contributed by atoms with Crippen molar-refractivity contribution in [2.75, 3.05) is 43.4 Å². The topological polar surface area (TPSA) is 132 Å². The Kier molecular flexibility index (Phi) is 8.10. The second-order valence-electron chi connectivity index (χ2n) is 9.73. The van der Waals surface area contributed by atoms with E-state index in [2.05, 4.69) is 43.0 Å². The maximum absolute atomic E-state index is 12.9. The molecule has 0 saturated carbocycles. The first-order valence-electron chi connectivity index (χ1n) is 13.0. The highest BCUT2D eigenvalue weighted by Crippen LogP contribution is 2.24. The fourth-order valence-electron chi connectivity index (χ4n) is 5.08. The highest BCUT2D eigenvalue weighted by atomic mass is 32.1. The number of likely N-dealkylation sites (tertiary alicyclic amines) is 1. The average molecular weight is 524 g/mol. The standard InChI is InChI=1S/C26H33N7O3S/c34-24(28-14-21(26(35)36)32-23-20-9-13-37-25(20)30-16-29-23)18-5-2-11-33(15-18)12-3-6-19-8-7-17-4-1-10-27-22(17)31-19/h7-9,13,16,18,21H,1-6,10-12,14-15H2,(H,27,31)(H,28,34)(H,35,36)(H,29,30,32)/t18-,21+/m1/s1. The van der Waals surface area contributed by atoms with Gasteiger partial charge in [-0.05, 0) is 74.7 Å². The number of thiophene rings is 1. The zero-order chi connectivity index (χ0) is 25.6. The van der Waals surface area contributed by atoms with E-state index >= 15 is 0 Å². The smallest absolute Gasteiger partial charge is 0.328 e. The van der Waals surface area contributed by atoms with Gasteiger partial charge in [0.1, 0.15) is 28.8 Å². The SMILES string of the molecule is O=C(NC[C@H](Nc1ncnc2sccc12)C(=O)O)[C@@H]1CCCN(CCCc2ccc3c(n2)NCCC3)C1. The van der Waals surface area contributed by atoms with Crippen LogP contribution in [-0.4, -0.2) is 75.6 Å². The third-order valence-corrected chi connectivity index (χ3v) is 7.91. The van der Waals surface area contributed by atoms with Gasteiger partial charge in [-0.2, -0.15) is 0 Å². The second kappa shape index (κ2) is 11.8. The number of rotatable bonds is 10. The maximum atomic E-state index is 12.9. The fourth-order valence-corrected chi connectivity index (χ4v) is 5.81. The summed E-state index contributed by atoms with van der Waals surface area (Å²) < 4.78 is 0. The summed E-state index contributed by atoms with van der Waals surface area (Å²) in [7, 11) is 0. The highest BCUT2D eigenvalue weighted by Gasteiger charge is 2.27. The number of carboxylic acid groups (broad SMARTS) is 1. The van der Waals surface area contributed by atoms with E-state index in [-0.39, 0.29) is 18.4 Å². The molecular formula is C26H33N7O3S. The van der Waals surface area contributed by atoms with Crippen molar-refractivity contribution in [2.45, 2.75) is 44.6 Å². The van der Waals surface area contributed by atoms with Crippen molar-refractivity contribution in [2.24, 2.45) is 5.92 Å². The second-order valence-corrected chi connectivity index (χ2v) is 10.6. The number of hydrogen-bond donors (Lipinski definition) is 4. The lowest BCUT2D eigenvalue weighted by Gasteiger charge is -2.32. The van der Waals surface area contributed by atoms with E-state index in [9.17, 15) is 14.7 Å². The molecule has 0 bridgehead atoms. The monoisotopic (exact) mass is 523 g/mol. The van der Waals surface area contributed by atoms with Crippen molar-refractivity contribution in [1.82, 2.24) is 25.2 Å². The molecule has 3 aromatic heterocycles. The molecule has 37 heavy (non-hydrogen) atoms. The summed E-state index contributed by atoms with van der Waals surface area (Å²) in [5, 5.41) is 21.6. The van der Waals surface area contributed by atoms with Gasteiger partial charge in [-0.15, -0.1) is 11.3 Å². The number of pyridine rings is 1. The Morgan fingerprint density at radius 3 is 3.05 bits per heavy atom. The van der Waals surface area contributed by atoms with Gasteiger partial charge >= 0.3 is 5.97 Å². The Morgan fingerprint density at radius 2 is 2.16 bits per heavy atom. The average Bonchev–Trinajstić information content (AvgIpc) is 3.41. The van der Waals surface area contributed by atoms with Gasteiger partial charge in [-0.3, -0.25) is 4.79 Å². The van der Waals surface area contributed by atoms with Crippen molar-refractivity contribution < 1.29 is 14.7 Å². The van der Waals surface area contributed by atoms with Gasteiger partial charge in [0.25, 0.3) is 0 Å². The van der Waals surface area contributed by atoms with E-state index in [4.69, 9.17) is 4.98 Å². The molecule has 11 heteroatoms. The van der Waals surface area contributed by atoms with Crippen LogP contribution >= 0.6 is 11.3 Å². The number of carbonyl (C=O) groups is 2. The Balaban J connectivity index is 1.09. The number of carbonyl (C=O) groups excluding carboxylic acids is 1. The molecule has 0 spiro atoms. The third-order valence-electron chi connectivity index (χ3n) is 7.09. The van der Waals surface area contributed by atoms with Crippen LogP contribution < -0.4 is 16.0 Å². The lowest BCUT2D eigenvalue weighted by Crippen LogP contribution is -2.47. The summed E-state index contributed by atoms with van der Waals surface area (Å²) in [6.07, 6.45) is 7.33. The van der Waals surface area contributed by atoms with Gasteiger partial charge in [0.05, 0.1) is 11.3 Å². The molecule has 10 nitrogen and oxygen atoms in total. The number of nitrogens with zero attached hydrogens (tertiary/aromatic N) is 4. The van der Waals surface area contributed by atoms with Gasteiger partial charge in [0, 0.05) is 25.3 Å². The zero-order valence-electron chi connectivity index (χ0n) is 20.8. The van der Waals surface area contributed by atoms with Crippen molar-refractivity contribution >= 4 is 45.1 Å². The highest BCUT2D eigenvalue weighted by molar-refractivity contribution is 7.16. The Bertz CT molecular complexity index is 1250. The molecule has 4 N–H and O–H groups in total. The normalized spacial score (nSPS) is 18.5. The summed E-state index contributed by atoms with van der Waals surface area (Å²) in [5.74, 6) is 0.215. The van der Waals surface area contributed by atoms with E-state index in [0.717, 1.165) is 79.9 Å². The minimum atomic E-state index is -1.04. The maximum Gasteiger partial charge on any atom is 0.328 e. The van der Waals surface area contributed by atoms with Crippen molar-refractivity contribution in [3.05, 3.63) is 41.2 Å². The molecule has 2 aliphatic heterocycles. The van der Waals surface area contributed by atoms with Crippen molar-refractivity contribution in [3.63, 3.8) is 0 Å². The fraction of sp³-hybridized carbons (Fsp3) is 0.500. The van der Waals surface area contributed by atoms with Crippen molar-refractivity contribution in [3.8, 4) is 0 Å². The van der Waals surface area contributed by atoms with Gasteiger partial charge < -0.3 is 26.0 Å². The summed E-state index contributed by atoms with van der Waals surface area (Å²) in [6, 6.07) is 5.20. The van der Waals surface area contributed by atoms with Crippen LogP contribution in [0.5, 0.6) is 0 Å². The summed E-state index contributed by atoms with van der Waals surface area (Å²) in [5.41, 5.74) is 2.41. The molecule has 3 aromatic rings. The van der Waals surface area contributed by atoms with E-state index in [1.807, 2.05) is 11.4 Å². The van der Waals surface area contributed by atoms with Crippen LogP contribution in [0.2, 0.25) is 0 Å².